The second kappa shape index (κ2) is 9.60. The smallest absolute Gasteiger partial charge is 0.408 e. The van der Waals surface area contributed by atoms with Crippen LogP contribution in [0.5, 0.6) is 0 Å². The number of aromatic amines is 1. The minimum Gasteiger partial charge on any atom is -0.480 e. The molecule has 2 amide bonds. The van der Waals surface area contributed by atoms with E-state index in [1.54, 1.807) is 6.20 Å². The highest BCUT2D eigenvalue weighted by molar-refractivity contribution is 5.90. The zero-order valence-corrected chi connectivity index (χ0v) is 16.4. The Bertz CT molecular complexity index is 1030. The SMILES string of the molecule is C[C@@H](NC(=O)[C@@H](Cc1c[nH]c2ccccc12)NC(=O)OCc1ccccc1)C(=O)O. The van der Waals surface area contributed by atoms with Crippen LogP contribution >= 0.6 is 0 Å². The number of hydrogen-bond donors (Lipinski definition) is 4. The van der Waals surface area contributed by atoms with Gasteiger partial charge in [0.05, 0.1) is 0 Å². The molecule has 0 saturated carbocycles. The number of ether oxygens (including phenoxy) is 1. The van der Waals surface area contributed by atoms with Crippen LogP contribution in [0.15, 0.2) is 60.8 Å². The first-order chi connectivity index (χ1) is 14.4. The number of fused-ring (bicyclic) bond motifs is 1. The molecule has 0 aliphatic rings. The minimum absolute atomic E-state index is 0.0552. The second-order valence-corrected chi connectivity index (χ2v) is 6.89. The number of aliphatic carboxylic acids is 1. The van der Waals surface area contributed by atoms with Gasteiger partial charge >= 0.3 is 12.1 Å². The van der Waals surface area contributed by atoms with Crippen LogP contribution in [0, 0.1) is 0 Å². The standard InChI is InChI=1S/C22H23N3O5/c1-14(21(27)28)24-20(26)19(11-16-12-23-18-10-6-5-9-17(16)18)25-22(29)30-13-15-7-3-2-4-8-15/h2-10,12,14,19,23H,11,13H2,1H3,(H,24,26)(H,25,29)(H,27,28)/t14-,19-/m1/s1. The predicted octanol–water partition coefficient (Wildman–Crippen LogP) is 2.59. The van der Waals surface area contributed by atoms with Crippen LogP contribution in [0.4, 0.5) is 4.79 Å². The third kappa shape index (κ3) is 5.38. The van der Waals surface area contributed by atoms with Crippen LogP contribution in [0.1, 0.15) is 18.1 Å². The number of alkyl carbamates (subject to hydrolysis) is 1. The molecule has 0 aliphatic carbocycles. The molecular weight excluding hydrogens is 386 g/mol. The van der Waals surface area contributed by atoms with Gasteiger partial charge in [-0.1, -0.05) is 48.5 Å². The summed E-state index contributed by atoms with van der Waals surface area (Å²) >= 11 is 0. The van der Waals surface area contributed by atoms with Gasteiger partial charge in [0.1, 0.15) is 18.7 Å². The molecule has 156 valence electrons. The Hall–Kier alpha value is -3.81. The molecule has 4 N–H and O–H groups in total. The fraction of sp³-hybridized carbons (Fsp3) is 0.227. The number of carbonyl (C=O) groups excluding carboxylic acids is 2. The molecule has 2 aromatic carbocycles. The fourth-order valence-electron chi connectivity index (χ4n) is 3.01. The monoisotopic (exact) mass is 409 g/mol. The van der Waals surface area contributed by atoms with Gasteiger partial charge in [-0.05, 0) is 24.1 Å². The van der Waals surface area contributed by atoms with E-state index in [1.807, 2.05) is 54.6 Å². The third-order valence-electron chi connectivity index (χ3n) is 4.65. The Morgan fingerprint density at radius 3 is 2.47 bits per heavy atom. The second-order valence-electron chi connectivity index (χ2n) is 6.89. The Morgan fingerprint density at radius 2 is 1.73 bits per heavy atom. The van der Waals surface area contributed by atoms with Crippen molar-refractivity contribution >= 4 is 28.9 Å². The van der Waals surface area contributed by atoms with Crippen molar-refractivity contribution in [1.82, 2.24) is 15.6 Å². The van der Waals surface area contributed by atoms with Crippen molar-refractivity contribution in [3.8, 4) is 0 Å². The fourth-order valence-corrected chi connectivity index (χ4v) is 3.01. The molecule has 0 unspecified atom stereocenters. The largest absolute Gasteiger partial charge is 0.480 e. The first-order valence-corrected chi connectivity index (χ1v) is 9.49. The van der Waals surface area contributed by atoms with Gasteiger partial charge in [-0.2, -0.15) is 0 Å². The summed E-state index contributed by atoms with van der Waals surface area (Å²) < 4.78 is 5.21. The van der Waals surface area contributed by atoms with Gasteiger partial charge in [-0.25, -0.2) is 4.79 Å². The van der Waals surface area contributed by atoms with Crippen molar-refractivity contribution in [1.29, 1.82) is 0 Å². The van der Waals surface area contributed by atoms with E-state index in [2.05, 4.69) is 15.6 Å². The lowest BCUT2D eigenvalue weighted by molar-refractivity contribution is -0.141. The predicted molar refractivity (Wildman–Crippen MR) is 111 cm³/mol. The molecule has 3 rings (SSSR count). The quantitative estimate of drug-likeness (QED) is 0.456. The van der Waals surface area contributed by atoms with Gasteiger partial charge < -0.3 is 25.5 Å². The first kappa shape index (κ1) is 20.9. The van der Waals surface area contributed by atoms with Crippen LogP contribution < -0.4 is 10.6 Å². The van der Waals surface area contributed by atoms with Crippen molar-refractivity contribution in [2.45, 2.75) is 32.0 Å². The molecule has 1 aromatic heterocycles. The van der Waals surface area contributed by atoms with E-state index in [-0.39, 0.29) is 13.0 Å². The maximum Gasteiger partial charge on any atom is 0.408 e. The van der Waals surface area contributed by atoms with Crippen LogP contribution in [-0.4, -0.2) is 40.1 Å². The molecule has 0 saturated heterocycles. The number of para-hydroxylation sites is 1. The number of carboxylic acids is 1. The molecule has 8 heteroatoms. The van der Waals surface area contributed by atoms with Crippen molar-refractivity contribution in [2.75, 3.05) is 0 Å². The van der Waals surface area contributed by atoms with Crippen LogP contribution in [0.3, 0.4) is 0 Å². The van der Waals surface area contributed by atoms with E-state index in [9.17, 15) is 14.4 Å². The van der Waals surface area contributed by atoms with E-state index in [4.69, 9.17) is 9.84 Å². The molecule has 0 aliphatic heterocycles. The normalized spacial score (nSPS) is 12.7. The molecular formula is C22H23N3O5. The number of carboxylic acid groups (broad SMARTS) is 1. The lowest BCUT2D eigenvalue weighted by atomic mass is 10.0. The third-order valence-corrected chi connectivity index (χ3v) is 4.65. The Balaban J connectivity index is 1.72. The van der Waals surface area contributed by atoms with Crippen LogP contribution in [0.2, 0.25) is 0 Å². The molecule has 2 atom stereocenters. The van der Waals surface area contributed by atoms with Gasteiger partial charge in [-0.15, -0.1) is 0 Å². The van der Waals surface area contributed by atoms with Crippen molar-refractivity contribution in [3.63, 3.8) is 0 Å². The van der Waals surface area contributed by atoms with E-state index in [0.717, 1.165) is 22.0 Å². The number of H-pyrrole nitrogens is 1. The van der Waals surface area contributed by atoms with Crippen LogP contribution in [0.25, 0.3) is 10.9 Å². The number of benzene rings is 2. The summed E-state index contributed by atoms with van der Waals surface area (Å²) in [4.78, 5) is 39.2. The maximum atomic E-state index is 12.7. The number of hydrogen-bond acceptors (Lipinski definition) is 4. The lowest BCUT2D eigenvalue weighted by Crippen LogP contribution is -2.51. The van der Waals surface area contributed by atoms with Gasteiger partial charge in [0.2, 0.25) is 5.91 Å². The number of amides is 2. The average Bonchev–Trinajstić information content (AvgIpc) is 3.15. The molecule has 0 bridgehead atoms. The Kier molecular flexibility index (Phi) is 6.69. The summed E-state index contributed by atoms with van der Waals surface area (Å²) in [5.41, 5.74) is 2.53. The molecule has 0 fully saturated rings. The zero-order chi connectivity index (χ0) is 21.5. The topological polar surface area (TPSA) is 121 Å². The molecule has 0 spiro atoms. The minimum atomic E-state index is -1.17. The zero-order valence-electron chi connectivity index (χ0n) is 16.4. The van der Waals surface area contributed by atoms with Crippen molar-refractivity contribution in [3.05, 3.63) is 71.9 Å². The molecule has 3 aromatic rings. The van der Waals surface area contributed by atoms with Gasteiger partial charge in [-0.3, -0.25) is 9.59 Å². The molecule has 1 heterocycles. The van der Waals surface area contributed by atoms with Crippen LogP contribution in [-0.2, 0) is 27.4 Å². The molecule has 8 nitrogen and oxygen atoms in total. The average molecular weight is 409 g/mol. The van der Waals surface area contributed by atoms with Gasteiger partial charge in [0.15, 0.2) is 0 Å². The van der Waals surface area contributed by atoms with E-state index in [1.165, 1.54) is 6.92 Å². The highest BCUT2D eigenvalue weighted by atomic mass is 16.5. The number of aromatic nitrogens is 1. The van der Waals surface area contributed by atoms with Gasteiger partial charge in [0, 0.05) is 23.5 Å². The van der Waals surface area contributed by atoms with E-state index < -0.39 is 30.1 Å². The summed E-state index contributed by atoms with van der Waals surface area (Å²) in [5.74, 6) is -1.77. The summed E-state index contributed by atoms with van der Waals surface area (Å²) in [7, 11) is 0. The summed E-state index contributed by atoms with van der Waals surface area (Å²) in [6, 6.07) is 14.6. The summed E-state index contributed by atoms with van der Waals surface area (Å²) in [5, 5.41) is 14.9. The highest BCUT2D eigenvalue weighted by Gasteiger charge is 2.26. The molecule has 30 heavy (non-hydrogen) atoms. The Labute approximate surface area is 173 Å². The summed E-state index contributed by atoms with van der Waals surface area (Å²) in [6.07, 6.45) is 1.17. The van der Waals surface area contributed by atoms with Gasteiger partial charge in [0.25, 0.3) is 0 Å². The van der Waals surface area contributed by atoms with E-state index >= 15 is 0 Å². The van der Waals surface area contributed by atoms with E-state index in [0.29, 0.717) is 0 Å². The first-order valence-electron chi connectivity index (χ1n) is 9.49. The highest BCUT2D eigenvalue weighted by Crippen LogP contribution is 2.19. The maximum absolute atomic E-state index is 12.7. The van der Waals surface area contributed by atoms with Crippen molar-refractivity contribution < 1.29 is 24.2 Å². The number of rotatable bonds is 8. The number of nitrogens with one attached hydrogen (secondary N) is 3. The van der Waals surface area contributed by atoms with Crippen molar-refractivity contribution in [2.24, 2.45) is 0 Å². The lowest BCUT2D eigenvalue weighted by Gasteiger charge is -2.19. The molecule has 0 radical (unpaired) electrons. The summed E-state index contributed by atoms with van der Waals surface area (Å²) in [6.45, 7) is 1.41. The number of carbonyl (C=O) groups is 3. The Morgan fingerprint density at radius 1 is 1.03 bits per heavy atom.